The zero-order valence-corrected chi connectivity index (χ0v) is 15.6. The molecular formula is C18H20N2O2S2. The Hall–Kier alpha value is -1.66. The number of anilines is 1. The molecule has 126 valence electrons. The molecule has 1 heterocycles. The summed E-state index contributed by atoms with van der Waals surface area (Å²) < 4.78 is 0. The number of amides is 1. The van der Waals surface area contributed by atoms with Gasteiger partial charge >= 0.3 is 0 Å². The maximum atomic E-state index is 12.2. The molecule has 0 atom stereocenters. The molecule has 0 saturated heterocycles. The molecule has 0 saturated carbocycles. The van der Waals surface area contributed by atoms with Crippen LogP contribution in [0.4, 0.5) is 5.13 Å². The second-order valence-corrected chi connectivity index (χ2v) is 8.93. The van der Waals surface area contributed by atoms with Crippen LogP contribution in [-0.2, 0) is 11.2 Å². The van der Waals surface area contributed by atoms with Crippen molar-refractivity contribution in [2.75, 3.05) is 11.1 Å². The molecule has 0 spiro atoms. The van der Waals surface area contributed by atoms with Crippen LogP contribution in [0, 0.1) is 12.3 Å². The molecule has 0 unspecified atom stereocenters. The number of rotatable bonds is 4. The molecule has 2 aromatic rings. The van der Waals surface area contributed by atoms with Crippen LogP contribution in [0.1, 0.15) is 41.2 Å². The van der Waals surface area contributed by atoms with Gasteiger partial charge in [-0.3, -0.25) is 9.59 Å². The van der Waals surface area contributed by atoms with Gasteiger partial charge in [-0.25, -0.2) is 4.98 Å². The van der Waals surface area contributed by atoms with Crippen molar-refractivity contribution < 1.29 is 9.59 Å². The highest BCUT2D eigenvalue weighted by atomic mass is 32.2. The van der Waals surface area contributed by atoms with Crippen LogP contribution in [-0.4, -0.2) is 22.4 Å². The second kappa shape index (κ2) is 6.69. The van der Waals surface area contributed by atoms with Crippen molar-refractivity contribution in [3.8, 4) is 0 Å². The fraction of sp³-hybridized carbons (Fsp3) is 0.389. The second-order valence-electron chi connectivity index (χ2n) is 6.89. The summed E-state index contributed by atoms with van der Waals surface area (Å²) in [5, 5.41) is 3.35. The van der Waals surface area contributed by atoms with Crippen molar-refractivity contribution in [1.29, 1.82) is 0 Å². The van der Waals surface area contributed by atoms with Gasteiger partial charge in [-0.15, -0.1) is 11.8 Å². The van der Waals surface area contributed by atoms with E-state index < -0.39 is 0 Å². The Morgan fingerprint density at radius 2 is 2.00 bits per heavy atom. The Labute approximate surface area is 150 Å². The van der Waals surface area contributed by atoms with E-state index in [2.05, 4.69) is 24.1 Å². The number of nitrogens with one attached hydrogen (secondary N) is 1. The first-order valence-corrected chi connectivity index (χ1v) is 9.65. The number of aryl methyl sites for hydroxylation is 1. The summed E-state index contributed by atoms with van der Waals surface area (Å²) in [6.07, 6.45) is 1.32. The van der Waals surface area contributed by atoms with Gasteiger partial charge in [0.05, 0.1) is 16.3 Å². The minimum absolute atomic E-state index is 0.0548. The zero-order chi connectivity index (χ0) is 17.3. The Morgan fingerprint density at radius 1 is 1.29 bits per heavy atom. The Bertz CT molecular complexity index is 779. The van der Waals surface area contributed by atoms with E-state index >= 15 is 0 Å². The highest BCUT2D eigenvalue weighted by Gasteiger charge is 2.34. The molecule has 1 aromatic carbocycles. The van der Waals surface area contributed by atoms with E-state index in [1.54, 1.807) is 0 Å². The number of hydrogen-bond acceptors (Lipinski definition) is 5. The summed E-state index contributed by atoms with van der Waals surface area (Å²) in [6, 6.07) is 8.08. The fourth-order valence-corrected chi connectivity index (χ4v) is 4.35. The quantitative estimate of drug-likeness (QED) is 0.824. The van der Waals surface area contributed by atoms with Crippen LogP contribution in [0.15, 0.2) is 29.2 Å². The van der Waals surface area contributed by atoms with Crippen LogP contribution in [0.5, 0.6) is 0 Å². The predicted octanol–water partition coefficient (Wildman–Crippen LogP) is 4.34. The lowest BCUT2D eigenvalue weighted by Crippen LogP contribution is -2.26. The Morgan fingerprint density at radius 3 is 2.71 bits per heavy atom. The number of carbonyl (C=O) groups is 2. The average Bonchev–Trinajstić information content (AvgIpc) is 2.88. The summed E-state index contributed by atoms with van der Waals surface area (Å²) >= 11 is 2.78. The third-order valence-corrected chi connectivity index (χ3v) is 5.94. The number of Topliss-reactive ketones (excluding diaryl/α,β-unsaturated/α-hetero) is 1. The van der Waals surface area contributed by atoms with Gasteiger partial charge in [-0.05, 0) is 30.9 Å². The van der Waals surface area contributed by atoms with Crippen LogP contribution in [0.25, 0.3) is 0 Å². The van der Waals surface area contributed by atoms with Gasteiger partial charge in [0.25, 0.3) is 0 Å². The van der Waals surface area contributed by atoms with Crippen molar-refractivity contribution in [2.24, 2.45) is 5.41 Å². The monoisotopic (exact) mass is 360 g/mol. The van der Waals surface area contributed by atoms with Crippen LogP contribution >= 0.6 is 23.1 Å². The normalized spacial score (nSPS) is 15.9. The number of ketones is 1. The zero-order valence-electron chi connectivity index (χ0n) is 14.0. The molecular weight excluding hydrogens is 340 g/mol. The maximum absolute atomic E-state index is 12.2. The molecule has 1 aliphatic carbocycles. The van der Waals surface area contributed by atoms with E-state index in [9.17, 15) is 9.59 Å². The number of hydrogen-bond donors (Lipinski definition) is 1. The van der Waals surface area contributed by atoms with Gasteiger partial charge < -0.3 is 5.32 Å². The average molecular weight is 361 g/mol. The van der Waals surface area contributed by atoms with Crippen molar-refractivity contribution in [2.45, 2.75) is 38.5 Å². The lowest BCUT2D eigenvalue weighted by atomic mass is 9.78. The molecule has 1 aromatic heterocycles. The largest absolute Gasteiger partial charge is 0.301 e. The first-order valence-electron chi connectivity index (χ1n) is 7.85. The van der Waals surface area contributed by atoms with E-state index in [-0.39, 0.29) is 17.1 Å². The van der Waals surface area contributed by atoms with Crippen LogP contribution in [0.2, 0.25) is 0 Å². The maximum Gasteiger partial charge on any atom is 0.236 e. The van der Waals surface area contributed by atoms with Gasteiger partial charge in [-0.2, -0.15) is 0 Å². The predicted molar refractivity (Wildman–Crippen MR) is 99.1 cm³/mol. The third-order valence-electron chi connectivity index (χ3n) is 3.87. The number of benzene rings is 1. The van der Waals surface area contributed by atoms with E-state index in [1.807, 2.05) is 31.2 Å². The number of carbonyl (C=O) groups excluding carboxylic acids is 2. The summed E-state index contributed by atoms with van der Waals surface area (Å²) in [5.74, 6) is 0.360. The SMILES string of the molecule is Cc1ccc(SCC(=O)Nc2nc3c(s2)C(=O)CC(C)(C)C3)cc1. The van der Waals surface area contributed by atoms with Crippen molar-refractivity contribution in [3.63, 3.8) is 0 Å². The summed E-state index contributed by atoms with van der Waals surface area (Å²) in [4.78, 5) is 30.5. The van der Waals surface area contributed by atoms with Gasteiger partial charge in [0, 0.05) is 11.3 Å². The summed E-state index contributed by atoms with van der Waals surface area (Å²) in [6.45, 7) is 6.18. The lowest BCUT2D eigenvalue weighted by Gasteiger charge is -2.26. The number of aromatic nitrogens is 1. The van der Waals surface area contributed by atoms with E-state index in [0.717, 1.165) is 17.0 Å². The van der Waals surface area contributed by atoms with Gasteiger partial charge in [-0.1, -0.05) is 42.9 Å². The molecule has 4 nitrogen and oxygen atoms in total. The van der Waals surface area contributed by atoms with Gasteiger partial charge in [0.2, 0.25) is 5.91 Å². The Kier molecular flexibility index (Phi) is 4.78. The topological polar surface area (TPSA) is 59.1 Å². The standard InChI is InChI=1S/C18H20N2O2S2/c1-11-4-6-12(7-5-11)23-10-15(22)20-17-19-13-8-18(2,3)9-14(21)16(13)24-17/h4-7H,8-10H2,1-3H3,(H,19,20,22). The molecule has 24 heavy (non-hydrogen) atoms. The molecule has 0 radical (unpaired) electrons. The molecule has 0 fully saturated rings. The summed E-state index contributed by atoms with van der Waals surface area (Å²) in [5.41, 5.74) is 1.97. The number of nitrogens with zero attached hydrogens (tertiary/aromatic N) is 1. The molecule has 1 N–H and O–H groups in total. The van der Waals surface area contributed by atoms with Gasteiger partial charge in [0.15, 0.2) is 10.9 Å². The molecule has 0 aliphatic heterocycles. The molecule has 1 amide bonds. The minimum Gasteiger partial charge on any atom is -0.301 e. The first kappa shape index (κ1) is 17.2. The van der Waals surface area contributed by atoms with Crippen molar-refractivity contribution in [1.82, 2.24) is 4.98 Å². The van der Waals surface area contributed by atoms with Crippen LogP contribution < -0.4 is 5.32 Å². The highest BCUT2D eigenvalue weighted by molar-refractivity contribution is 8.00. The van der Waals surface area contributed by atoms with E-state index in [4.69, 9.17) is 0 Å². The summed E-state index contributed by atoms with van der Waals surface area (Å²) in [7, 11) is 0. The molecule has 6 heteroatoms. The highest BCUT2D eigenvalue weighted by Crippen LogP contribution is 2.38. The minimum atomic E-state index is -0.0987. The smallest absolute Gasteiger partial charge is 0.236 e. The molecule has 0 bridgehead atoms. The van der Waals surface area contributed by atoms with Crippen LogP contribution in [0.3, 0.4) is 0 Å². The fourth-order valence-electron chi connectivity index (χ4n) is 2.71. The molecule has 3 rings (SSSR count). The third kappa shape index (κ3) is 4.05. The first-order chi connectivity index (χ1) is 11.3. The van der Waals surface area contributed by atoms with Gasteiger partial charge in [0.1, 0.15) is 0 Å². The van der Waals surface area contributed by atoms with E-state index in [0.29, 0.717) is 22.2 Å². The molecule has 1 aliphatic rings. The lowest BCUT2D eigenvalue weighted by molar-refractivity contribution is -0.113. The number of thiazole rings is 1. The van der Waals surface area contributed by atoms with E-state index in [1.165, 1.54) is 28.7 Å². The number of fused-ring (bicyclic) bond motifs is 1. The van der Waals surface area contributed by atoms with Crippen molar-refractivity contribution in [3.05, 3.63) is 40.4 Å². The Balaban J connectivity index is 1.61. The number of thioether (sulfide) groups is 1. The van der Waals surface area contributed by atoms with Crippen molar-refractivity contribution >= 4 is 39.9 Å².